The van der Waals surface area contributed by atoms with Crippen molar-refractivity contribution in [3.63, 3.8) is 0 Å². The Balaban J connectivity index is 2.29. The molecule has 1 unspecified atom stereocenters. The van der Waals surface area contributed by atoms with E-state index in [9.17, 15) is 4.79 Å². The first-order chi connectivity index (χ1) is 9.49. The van der Waals surface area contributed by atoms with Crippen LogP contribution in [0, 0.1) is 5.92 Å². The van der Waals surface area contributed by atoms with E-state index < -0.39 is 0 Å². The maximum absolute atomic E-state index is 12.4. The summed E-state index contributed by atoms with van der Waals surface area (Å²) in [7, 11) is 0. The number of aromatic nitrogens is 1. The Bertz CT molecular complexity index is 625. The minimum atomic E-state index is -0.0986. The Morgan fingerprint density at radius 3 is 2.55 bits per heavy atom. The zero-order chi connectivity index (χ0) is 14.7. The highest BCUT2D eigenvalue weighted by atomic mass is 35.5. The number of hydrogen-bond donors (Lipinski definition) is 1. The van der Waals surface area contributed by atoms with E-state index >= 15 is 0 Å². The van der Waals surface area contributed by atoms with Crippen LogP contribution in [0.25, 0.3) is 10.8 Å². The molecule has 20 heavy (non-hydrogen) atoms. The summed E-state index contributed by atoms with van der Waals surface area (Å²) in [6, 6.07) is 7.69. The average Bonchev–Trinajstić information content (AvgIpc) is 2.38. The highest BCUT2D eigenvalue weighted by Gasteiger charge is 2.15. The quantitative estimate of drug-likeness (QED) is 0.863. The lowest BCUT2D eigenvalue weighted by molar-refractivity contribution is 0.0937. The number of hydrogen-bond acceptors (Lipinski definition) is 2. The minimum absolute atomic E-state index is 0.0986. The predicted molar refractivity (Wildman–Crippen MR) is 83.1 cm³/mol. The van der Waals surface area contributed by atoms with Crippen LogP contribution in [0.2, 0.25) is 5.15 Å². The fourth-order valence-corrected chi connectivity index (χ4v) is 2.62. The molecule has 0 aliphatic rings. The molecule has 1 aromatic heterocycles. The van der Waals surface area contributed by atoms with Crippen LogP contribution >= 0.6 is 11.6 Å². The van der Waals surface area contributed by atoms with Crippen molar-refractivity contribution in [1.82, 2.24) is 10.3 Å². The zero-order valence-corrected chi connectivity index (χ0v) is 12.7. The van der Waals surface area contributed by atoms with Crippen molar-refractivity contribution in [3.05, 3.63) is 41.2 Å². The number of nitrogens with one attached hydrogen (secondary N) is 1. The Morgan fingerprint density at radius 2 is 1.90 bits per heavy atom. The van der Waals surface area contributed by atoms with Gasteiger partial charge >= 0.3 is 0 Å². The van der Waals surface area contributed by atoms with E-state index in [1.165, 1.54) is 0 Å². The minimum Gasteiger partial charge on any atom is -0.350 e. The molecule has 4 heteroatoms. The summed E-state index contributed by atoms with van der Waals surface area (Å²) in [6.45, 7) is 6.30. The third-order valence-corrected chi connectivity index (χ3v) is 3.49. The molecule has 2 aromatic rings. The molecule has 1 aromatic carbocycles. The van der Waals surface area contributed by atoms with Crippen molar-refractivity contribution in [2.45, 2.75) is 33.2 Å². The van der Waals surface area contributed by atoms with Gasteiger partial charge in [0, 0.05) is 17.6 Å². The first-order valence-electron chi connectivity index (χ1n) is 6.83. The van der Waals surface area contributed by atoms with Gasteiger partial charge in [-0.25, -0.2) is 4.98 Å². The SMILES string of the molecule is CC(C)CC(C)NC(=O)c1cnc(Cl)c2ccccc12. The molecule has 0 aliphatic carbocycles. The standard InChI is InChI=1S/C16H19ClN2O/c1-10(2)8-11(3)19-16(20)14-9-18-15(17)13-7-5-4-6-12(13)14/h4-7,9-11H,8H2,1-3H3,(H,19,20). The lowest BCUT2D eigenvalue weighted by Crippen LogP contribution is -2.33. The monoisotopic (exact) mass is 290 g/mol. The molecular weight excluding hydrogens is 272 g/mol. The average molecular weight is 291 g/mol. The van der Waals surface area contributed by atoms with Gasteiger partial charge in [0.2, 0.25) is 0 Å². The van der Waals surface area contributed by atoms with Crippen LogP contribution in [-0.2, 0) is 0 Å². The largest absolute Gasteiger partial charge is 0.350 e. The van der Waals surface area contributed by atoms with Gasteiger partial charge in [-0.15, -0.1) is 0 Å². The van der Waals surface area contributed by atoms with Crippen LogP contribution in [-0.4, -0.2) is 16.9 Å². The third-order valence-electron chi connectivity index (χ3n) is 3.19. The maximum Gasteiger partial charge on any atom is 0.253 e. The Morgan fingerprint density at radius 1 is 1.25 bits per heavy atom. The zero-order valence-electron chi connectivity index (χ0n) is 12.0. The molecule has 1 amide bonds. The number of nitrogens with zero attached hydrogens (tertiary/aromatic N) is 1. The predicted octanol–water partition coefficient (Wildman–Crippen LogP) is 4.05. The molecule has 2 rings (SSSR count). The number of carbonyl (C=O) groups is 1. The first kappa shape index (κ1) is 14.8. The number of pyridine rings is 1. The van der Waals surface area contributed by atoms with Crippen LogP contribution in [0.4, 0.5) is 0 Å². The second-order valence-corrected chi connectivity index (χ2v) is 5.87. The van der Waals surface area contributed by atoms with Crippen LogP contribution < -0.4 is 5.32 Å². The molecule has 1 atom stereocenters. The topological polar surface area (TPSA) is 42.0 Å². The second-order valence-electron chi connectivity index (χ2n) is 5.51. The van der Waals surface area contributed by atoms with Gasteiger partial charge in [0.1, 0.15) is 5.15 Å². The summed E-state index contributed by atoms with van der Waals surface area (Å²) in [5.74, 6) is 0.448. The van der Waals surface area contributed by atoms with E-state index in [1.54, 1.807) is 6.20 Å². The normalized spacial score (nSPS) is 12.7. The van der Waals surface area contributed by atoms with Crippen molar-refractivity contribution in [3.8, 4) is 0 Å². The fourth-order valence-electron chi connectivity index (χ4n) is 2.41. The molecule has 1 heterocycles. The molecule has 1 N–H and O–H groups in total. The Labute approximate surface area is 124 Å². The molecule has 0 saturated carbocycles. The first-order valence-corrected chi connectivity index (χ1v) is 7.21. The van der Waals surface area contributed by atoms with E-state index in [0.29, 0.717) is 16.6 Å². The van der Waals surface area contributed by atoms with Crippen molar-refractivity contribution >= 4 is 28.3 Å². The summed E-state index contributed by atoms with van der Waals surface area (Å²) in [6.07, 6.45) is 2.49. The molecule has 3 nitrogen and oxygen atoms in total. The third kappa shape index (κ3) is 3.28. The number of halogens is 1. The molecule has 0 bridgehead atoms. The van der Waals surface area contributed by atoms with Gasteiger partial charge in [-0.05, 0) is 24.6 Å². The van der Waals surface area contributed by atoms with Crippen molar-refractivity contribution in [2.24, 2.45) is 5.92 Å². The summed E-state index contributed by atoms with van der Waals surface area (Å²) in [5, 5.41) is 5.08. The molecule has 0 radical (unpaired) electrons. The van der Waals surface area contributed by atoms with E-state index in [1.807, 2.05) is 31.2 Å². The van der Waals surface area contributed by atoms with Gasteiger partial charge in [-0.2, -0.15) is 0 Å². The van der Waals surface area contributed by atoms with Crippen molar-refractivity contribution in [2.75, 3.05) is 0 Å². The highest BCUT2D eigenvalue weighted by molar-refractivity contribution is 6.34. The smallest absolute Gasteiger partial charge is 0.253 e. The second kappa shape index (κ2) is 6.23. The highest BCUT2D eigenvalue weighted by Crippen LogP contribution is 2.24. The molecule has 106 valence electrons. The Hall–Kier alpha value is -1.61. The summed E-state index contributed by atoms with van der Waals surface area (Å²) >= 11 is 6.07. The van der Waals surface area contributed by atoms with Gasteiger partial charge in [-0.3, -0.25) is 4.79 Å². The summed E-state index contributed by atoms with van der Waals surface area (Å²) in [4.78, 5) is 16.5. The van der Waals surface area contributed by atoms with Gasteiger partial charge in [0.05, 0.1) is 5.56 Å². The summed E-state index contributed by atoms with van der Waals surface area (Å²) < 4.78 is 0. The summed E-state index contributed by atoms with van der Waals surface area (Å²) in [5.41, 5.74) is 0.570. The molecular formula is C16H19ClN2O. The van der Waals surface area contributed by atoms with Gasteiger partial charge in [0.25, 0.3) is 5.91 Å². The molecule has 0 aliphatic heterocycles. The molecule has 0 saturated heterocycles. The number of rotatable bonds is 4. The van der Waals surface area contributed by atoms with Gasteiger partial charge in [0.15, 0.2) is 0 Å². The van der Waals surface area contributed by atoms with Crippen molar-refractivity contribution in [1.29, 1.82) is 0 Å². The number of fused-ring (bicyclic) bond motifs is 1. The van der Waals surface area contributed by atoms with Crippen LogP contribution in [0.5, 0.6) is 0 Å². The molecule has 0 fully saturated rings. The van der Waals surface area contributed by atoms with E-state index in [0.717, 1.165) is 17.2 Å². The van der Waals surface area contributed by atoms with Crippen LogP contribution in [0.3, 0.4) is 0 Å². The lowest BCUT2D eigenvalue weighted by atomic mass is 10.0. The van der Waals surface area contributed by atoms with E-state index in [-0.39, 0.29) is 11.9 Å². The maximum atomic E-state index is 12.4. The van der Waals surface area contributed by atoms with E-state index in [2.05, 4.69) is 24.1 Å². The van der Waals surface area contributed by atoms with Gasteiger partial charge < -0.3 is 5.32 Å². The number of benzene rings is 1. The van der Waals surface area contributed by atoms with E-state index in [4.69, 9.17) is 11.6 Å². The van der Waals surface area contributed by atoms with Crippen molar-refractivity contribution < 1.29 is 4.79 Å². The van der Waals surface area contributed by atoms with Crippen LogP contribution in [0.1, 0.15) is 37.6 Å². The Kier molecular flexibility index (Phi) is 4.61. The van der Waals surface area contributed by atoms with Crippen LogP contribution in [0.15, 0.2) is 30.5 Å². The lowest BCUT2D eigenvalue weighted by Gasteiger charge is -2.16. The van der Waals surface area contributed by atoms with Gasteiger partial charge in [-0.1, -0.05) is 49.7 Å². The number of amides is 1. The number of carbonyl (C=O) groups excluding carboxylic acids is 1. The molecule has 0 spiro atoms. The fraction of sp³-hybridized carbons (Fsp3) is 0.375.